The molecule has 6 nitrogen and oxygen atoms in total. The number of aromatic amines is 1. The molecule has 1 aromatic heterocycles. The first-order chi connectivity index (χ1) is 8.69. The van der Waals surface area contributed by atoms with E-state index in [1.54, 1.807) is 24.3 Å². The summed E-state index contributed by atoms with van der Waals surface area (Å²) in [5.74, 6) is 0.601. The standard InChI is InChI=1S/C12H13N3O3/c13-4-5-18-9-3-1-2-8(6-9)12-14-10(16)7-11(17)15-12/h1-3,6-7H,4-5,13H2,(H2,14,15,16,17). The van der Waals surface area contributed by atoms with E-state index in [1.165, 1.54) is 0 Å². The molecule has 0 saturated heterocycles. The Morgan fingerprint density at radius 2 is 2.22 bits per heavy atom. The van der Waals surface area contributed by atoms with Crippen LogP contribution in [0.3, 0.4) is 0 Å². The molecule has 1 aromatic carbocycles. The van der Waals surface area contributed by atoms with E-state index in [0.717, 1.165) is 6.07 Å². The Morgan fingerprint density at radius 1 is 1.39 bits per heavy atom. The molecule has 0 saturated carbocycles. The van der Waals surface area contributed by atoms with Crippen molar-refractivity contribution in [3.8, 4) is 23.0 Å². The van der Waals surface area contributed by atoms with Gasteiger partial charge in [0.25, 0.3) is 5.56 Å². The van der Waals surface area contributed by atoms with Crippen molar-refractivity contribution in [1.82, 2.24) is 9.97 Å². The van der Waals surface area contributed by atoms with Gasteiger partial charge in [-0.3, -0.25) is 4.79 Å². The lowest BCUT2D eigenvalue weighted by atomic mass is 10.2. The maximum atomic E-state index is 11.2. The van der Waals surface area contributed by atoms with Crippen LogP contribution in [-0.2, 0) is 0 Å². The van der Waals surface area contributed by atoms with Gasteiger partial charge in [-0.2, -0.15) is 4.98 Å². The van der Waals surface area contributed by atoms with Crippen LogP contribution in [0.4, 0.5) is 0 Å². The molecule has 0 unspecified atom stereocenters. The van der Waals surface area contributed by atoms with Crippen LogP contribution in [0.1, 0.15) is 0 Å². The van der Waals surface area contributed by atoms with Gasteiger partial charge in [-0.25, -0.2) is 0 Å². The third-order valence-corrected chi connectivity index (χ3v) is 2.22. The topological polar surface area (TPSA) is 101 Å². The fraction of sp³-hybridized carbons (Fsp3) is 0.167. The van der Waals surface area contributed by atoms with E-state index >= 15 is 0 Å². The van der Waals surface area contributed by atoms with Crippen LogP contribution >= 0.6 is 0 Å². The number of benzene rings is 1. The first-order valence-corrected chi connectivity index (χ1v) is 5.42. The van der Waals surface area contributed by atoms with E-state index in [4.69, 9.17) is 10.5 Å². The largest absolute Gasteiger partial charge is 0.493 e. The van der Waals surface area contributed by atoms with Gasteiger partial charge >= 0.3 is 0 Å². The minimum Gasteiger partial charge on any atom is -0.493 e. The fourth-order valence-electron chi connectivity index (χ4n) is 1.49. The van der Waals surface area contributed by atoms with Gasteiger partial charge in [-0.05, 0) is 12.1 Å². The van der Waals surface area contributed by atoms with E-state index < -0.39 is 5.56 Å². The highest BCUT2D eigenvalue weighted by molar-refractivity contribution is 5.57. The van der Waals surface area contributed by atoms with Gasteiger partial charge in [0.15, 0.2) is 0 Å². The molecule has 2 aromatic rings. The van der Waals surface area contributed by atoms with Crippen molar-refractivity contribution in [3.63, 3.8) is 0 Å². The summed E-state index contributed by atoms with van der Waals surface area (Å²) in [6.45, 7) is 0.832. The normalized spacial score (nSPS) is 10.3. The summed E-state index contributed by atoms with van der Waals surface area (Å²) in [6.07, 6.45) is 0. The van der Waals surface area contributed by atoms with E-state index in [9.17, 15) is 9.90 Å². The molecule has 6 heteroatoms. The number of nitrogens with zero attached hydrogens (tertiary/aromatic N) is 1. The van der Waals surface area contributed by atoms with Gasteiger partial charge in [0, 0.05) is 12.1 Å². The number of ether oxygens (including phenoxy) is 1. The molecule has 94 valence electrons. The molecule has 0 aliphatic heterocycles. The number of aromatic hydroxyl groups is 1. The minimum atomic E-state index is -0.411. The second kappa shape index (κ2) is 5.33. The maximum absolute atomic E-state index is 11.2. The van der Waals surface area contributed by atoms with Crippen LogP contribution in [-0.4, -0.2) is 28.2 Å². The second-order valence-electron chi connectivity index (χ2n) is 3.62. The van der Waals surface area contributed by atoms with Gasteiger partial charge in [0.2, 0.25) is 5.88 Å². The van der Waals surface area contributed by atoms with Crippen LogP contribution < -0.4 is 16.0 Å². The first kappa shape index (κ1) is 12.1. The summed E-state index contributed by atoms with van der Waals surface area (Å²) in [5, 5.41) is 9.29. The summed E-state index contributed by atoms with van der Waals surface area (Å²) in [6, 6.07) is 8.03. The molecule has 0 aliphatic carbocycles. The van der Waals surface area contributed by atoms with Gasteiger partial charge < -0.3 is 20.6 Å². The lowest BCUT2D eigenvalue weighted by Gasteiger charge is -2.06. The zero-order valence-electron chi connectivity index (χ0n) is 9.59. The number of rotatable bonds is 4. The Kier molecular flexibility index (Phi) is 3.59. The number of hydrogen-bond acceptors (Lipinski definition) is 5. The fourth-order valence-corrected chi connectivity index (χ4v) is 1.49. The van der Waals surface area contributed by atoms with Gasteiger partial charge in [0.1, 0.15) is 18.2 Å². The maximum Gasteiger partial charge on any atom is 0.254 e. The Labute approximate surface area is 103 Å². The Morgan fingerprint density at radius 3 is 2.94 bits per heavy atom. The lowest BCUT2D eigenvalue weighted by Crippen LogP contribution is -2.10. The van der Waals surface area contributed by atoms with Crippen LogP contribution in [0.25, 0.3) is 11.4 Å². The van der Waals surface area contributed by atoms with Crippen molar-refractivity contribution in [3.05, 3.63) is 40.7 Å². The number of nitrogens with two attached hydrogens (primary N) is 1. The summed E-state index contributed by atoms with van der Waals surface area (Å²) >= 11 is 0. The van der Waals surface area contributed by atoms with Crippen molar-refractivity contribution < 1.29 is 9.84 Å². The van der Waals surface area contributed by atoms with Crippen LogP contribution in [0.2, 0.25) is 0 Å². The van der Waals surface area contributed by atoms with E-state index in [-0.39, 0.29) is 11.7 Å². The Hall–Kier alpha value is -2.34. The number of hydrogen-bond donors (Lipinski definition) is 3. The molecule has 0 atom stereocenters. The smallest absolute Gasteiger partial charge is 0.254 e. The number of aromatic nitrogens is 2. The van der Waals surface area contributed by atoms with Crippen molar-refractivity contribution in [2.75, 3.05) is 13.2 Å². The molecule has 4 N–H and O–H groups in total. The summed E-state index contributed by atoms with van der Waals surface area (Å²) in [5.41, 5.74) is 5.59. The molecular formula is C12H13N3O3. The lowest BCUT2D eigenvalue weighted by molar-refractivity contribution is 0.328. The minimum absolute atomic E-state index is 0.290. The molecule has 18 heavy (non-hydrogen) atoms. The van der Waals surface area contributed by atoms with Crippen molar-refractivity contribution >= 4 is 0 Å². The average molecular weight is 247 g/mol. The molecule has 0 bridgehead atoms. The molecule has 1 heterocycles. The van der Waals surface area contributed by atoms with E-state index in [1.807, 2.05) is 0 Å². The third-order valence-electron chi connectivity index (χ3n) is 2.22. The van der Waals surface area contributed by atoms with Gasteiger partial charge in [-0.1, -0.05) is 12.1 Å². The van der Waals surface area contributed by atoms with E-state index in [0.29, 0.717) is 24.5 Å². The average Bonchev–Trinajstić information content (AvgIpc) is 2.35. The highest BCUT2D eigenvalue weighted by Crippen LogP contribution is 2.21. The first-order valence-electron chi connectivity index (χ1n) is 5.42. The third kappa shape index (κ3) is 2.86. The quantitative estimate of drug-likeness (QED) is 0.729. The predicted molar refractivity (Wildman–Crippen MR) is 66.5 cm³/mol. The monoisotopic (exact) mass is 247 g/mol. The van der Waals surface area contributed by atoms with Gasteiger partial charge in [0.05, 0.1) is 6.07 Å². The molecule has 2 rings (SSSR count). The molecular weight excluding hydrogens is 234 g/mol. The highest BCUT2D eigenvalue weighted by Gasteiger charge is 2.04. The van der Waals surface area contributed by atoms with Gasteiger partial charge in [-0.15, -0.1) is 0 Å². The zero-order chi connectivity index (χ0) is 13.0. The number of nitrogens with one attached hydrogen (secondary N) is 1. The molecule has 0 radical (unpaired) electrons. The second-order valence-corrected chi connectivity index (χ2v) is 3.62. The Balaban J connectivity index is 2.35. The van der Waals surface area contributed by atoms with Crippen molar-refractivity contribution in [2.24, 2.45) is 5.73 Å². The Bertz CT molecular complexity index is 595. The number of H-pyrrole nitrogens is 1. The van der Waals surface area contributed by atoms with Crippen LogP contribution in [0, 0.1) is 0 Å². The summed E-state index contributed by atoms with van der Waals surface area (Å²) < 4.78 is 5.37. The van der Waals surface area contributed by atoms with Crippen LogP contribution in [0.15, 0.2) is 35.1 Å². The highest BCUT2D eigenvalue weighted by atomic mass is 16.5. The molecule has 0 fully saturated rings. The summed E-state index contributed by atoms with van der Waals surface area (Å²) in [4.78, 5) is 17.6. The van der Waals surface area contributed by atoms with E-state index in [2.05, 4.69) is 9.97 Å². The summed E-state index contributed by atoms with van der Waals surface area (Å²) in [7, 11) is 0. The molecule has 0 amide bonds. The SMILES string of the molecule is NCCOc1cccc(-c2nc(O)cc(=O)[nH]2)c1. The molecule has 0 aliphatic rings. The zero-order valence-corrected chi connectivity index (χ0v) is 9.59. The molecule has 0 spiro atoms. The van der Waals surface area contributed by atoms with Crippen LogP contribution in [0.5, 0.6) is 11.6 Å². The predicted octanol–water partition coefficient (Wildman–Crippen LogP) is 0.480. The van der Waals surface area contributed by atoms with Crippen molar-refractivity contribution in [2.45, 2.75) is 0 Å². The van der Waals surface area contributed by atoms with Crippen molar-refractivity contribution in [1.29, 1.82) is 0 Å².